The fourth-order valence-corrected chi connectivity index (χ4v) is 4.96. The molecule has 1 aromatic carbocycles. The van der Waals surface area contributed by atoms with Crippen molar-refractivity contribution in [3.8, 4) is 0 Å². The number of benzene rings is 1. The summed E-state index contributed by atoms with van der Waals surface area (Å²) in [7, 11) is -3.87. The van der Waals surface area contributed by atoms with Gasteiger partial charge in [-0.15, -0.1) is 0 Å². The van der Waals surface area contributed by atoms with Crippen LogP contribution in [0.3, 0.4) is 0 Å². The number of fused-ring (bicyclic) bond motifs is 1. The second-order valence-corrected chi connectivity index (χ2v) is 7.70. The van der Waals surface area contributed by atoms with Gasteiger partial charge in [-0.05, 0) is 30.7 Å². The Balaban J connectivity index is 1.90. The van der Waals surface area contributed by atoms with Crippen molar-refractivity contribution in [3.63, 3.8) is 0 Å². The van der Waals surface area contributed by atoms with Crippen molar-refractivity contribution < 1.29 is 26.4 Å². The molecule has 0 radical (unpaired) electrons. The quantitative estimate of drug-likeness (QED) is 0.877. The summed E-state index contributed by atoms with van der Waals surface area (Å²) >= 11 is 0. The van der Waals surface area contributed by atoms with Crippen molar-refractivity contribution in [1.82, 2.24) is 10.2 Å². The standard InChI is InChI=1S/C14H15F3N2O3S/c15-14(16,17)9-1-3-10(4-2-9)23(21,22)13-11-5-6-12(20)19(11)8-7-18-13/h1-4,11,13,18H,5-8H2. The normalized spacial score (nSPS) is 25.5. The maximum Gasteiger partial charge on any atom is 0.416 e. The van der Waals surface area contributed by atoms with E-state index in [1.807, 2.05) is 0 Å². The maximum absolute atomic E-state index is 12.7. The van der Waals surface area contributed by atoms with Gasteiger partial charge in [0.15, 0.2) is 9.84 Å². The third kappa shape index (κ3) is 2.83. The van der Waals surface area contributed by atoms with E-state index in [9.17, 15) is 26.4 Å². The zero-order chi connectivity index (χ0) is 16.8. The van der Waals surface area contributed by atoms with Crippen molar-refractivity contribution in [1.29, 1.82) is 0 Å². The van der Waals surface area contributed by atoms with Crippen molar-refractivity contribution in [3.05, 3.63) is 29.8 Å². The van der Waals surface area contributed by atoms with Crippen molar-refractivity contribution >= 4 is 15.7 Å². The number of hydrogen-bond acceptors (Lipinski definition) is 4. The lowest BCUT2D eigenvalue weighted by Gasteiger charge is -2.37. The van der Waals surface area contributed by atoms with Crippen molar-refractivity contribution in [2.24, 2.45) is 0 Å². The summed E-state index contributed by atoms with van der Waals surface area (Å²) in [4.78, 5) is 13.1. The van der Waals surface area contributed by atoms with E-state index >= 15 is 0 Å². The zero-order valence-corrected chi connectivity index (χ0v) is 12.8. The number of sulfone groups is 1. The first-order chi connectivity index (χ1) is 10.7. The molecule has 5 nitrogen and oxygen atoms in total. The number of rotatable bonds is 2. The van der Waals surface area contributed by atoms with Gasteiger partial charge in [-0.2, -0.15) is 13.2 Å². The Morgan fingerprint density at radius 2 is 1.83 bits per heavy atom. The molecule has 1 amide bonds. The van der Waals surface area contributed by atoms with Crippen molar-refractivity contribution in [2.75, 3.05) is 13.1 Å². The van der Waals surface area contributed by atoms with Gasteiger partial charge in [0, 0.05) is 19.5 Å². The molecule has 9 heteroatoms. The van der Waals surface area contributed by atoms with Crippen LogP contribution in [0.25, 0.3) is 0 Å². The molecule has 2 unspecified atom stereocenters. The molecule has 1 N–H and O–H groups in total. The molecule has 3 rings (SSSR count). The van der Waals surface area contributed by atoms with Gasteiger partial charge in [0.25, 0.3) is 0 Å². The fourth-order valence-electron chi connectivity index (χ4n) is 3.12. The van der Waals surface area contributed by atoms with E-state index < -0.39 is 33.0 Å². The summed E-state index contributed by atoms with van der Waals surface area (Å²) in [6, 6.07) is 2.98. The zero-order valence-electron chi connectivity index (χ0n) is 12.0. The van der Waals surface area contributed by atoms with Gasteiger partial charge in [-0.1, -0.05) is 0 Å². The average Bonchev–Trinajstić information content (AvgIpc) is 2.88. The molecule has 1 aromatic rings. The number of carbonyl (C=O) groups is 1. The van der Waals surface area contributed by atoms with Gasteiger partial charge >= 0.3 is 6.18 Å². The van der Waals surface area contributed by atoms with Crippen LogP contribution in [0.1, 0.15) is 18.4 Å². The van der Waals surface area contributed by atoms with Crippen LogP contribution in [-0.2, 0) is 20.8 Å². The molecule has 2 aliphatic rings. The lowest BCUT2D eigenvalue weighted by Crippen LogP contribution is -2.59. The molecule has 0 spiro atoms. The molecule has 23 heavy (non-hydrogen) atoms. The van der Waals surface area contributed by atoms with E-state index in [2.05, 4.69) is 5.32 Å². The van der Waals surface area contributed by atoms with Gasteiger partial charge in [0.05, 0.1) is 16.5 Å². The fraction of sp³-hybridized carbons (Fsp3) is 0.500. The van der Waals surface area contributed by atoms with Gasteiger partial charge < -0.3 is 4.90 Å². The maximum atomic E-state index is 12.7. The van der Waals surface area contributed by atoms with E-state index in [-0.39, 0.29) is 10.8 Å². The monoisotopic (exact) mass is 348 g/mol. The van der Waals surface area contributed by atoms with Crippen LogP contribution >= 0.6 is 0 Å². The van der Waals surface area contributed by atoms with Crippen LogP contribution in [0, 0.1) is 0 Å². The van der Waals surface area contributed by atoms with Crippen molar-refractivity contribution in [2.45, 2.75) is 35.3 Å². The number of nitrogens with one attached hydrogen (secondary N) is 1. The van der Waals surface area contributed by atoms with Crippen LogP contribution < -0.4 is 5.32 Å². The van der Waals surface area contributed by atoms with Crippen LogP contribution in [-0.4, -0.2) is 43.7 Å². The van der Waals surface area contributed by atoms with Crippen LogP contribution in [0.5, 0.6) is 0 Å². The Kier molecular flexibility index (Phi) is 3.88. The van der Waals surface area contributed by atoms with Gasteiger partial charge in [-0.25, -0.2) is 8.42 Å². The molecular weight excluding hydrogens is 333 g/mol. The van der Waals surface area contributed by atoms with E-state index in [1.54, 1.807) is 4.90 Å². The Bertz CT molecular complexity index is 716. The highest BCUT2D eigenvalue weighted by atomic mass is 32.2. The summed E-state index contributed by atoms with van der Waals surface area (Å²) in [5.41, 5.74) is -0.897. The second kappa shape index (κ2) is 5.48. The Labute approximate surface area is 131 Å². The molecular formula is C14H15F3N2O3S. The largest absolute Gasteiger partial charge is 0.416 e. The van der Waals surface area contributed by atoms with E-state index in [0.717, 1.165) is 24.3 Å². The van der Waals surface area contributed by atoms with E-state index in [4.69, 9.17) is 0 Å². The number of halogens is 3. The highest BCUT2D eigenvalue weighted by molar-refractivity contribution is 7.92. The predicted octanol–water partition coefficient (Wildman–Crippen LogP) is 1.40. The molecule has 126 valence electrons. The first kappa shape index (κ1) is 16.3. The summed E-state index contributed by atoms with van der Waals surface area (Å²) in [6.07, 6.45) is -3.79. The number of piperazine rings is 1. The molecule has 2 fully saturated rings. The molecule has 0 saturated carbocycles. The molecule has 0 aromatic heterocycles. The molecule has 2 atom stereocenters. The summed E-state index contributed by atoms with van der Waals surface area (Å²) < 4.78 is 63.2. The summed E-state index contributed by atoms with van der Waals surface area (Å²) in [5.74, 6) is -0.0795. The van der Waals surface area contributed by atoms with E-state index in [0.29, 0.717) is 25.9 Å². The van der Waals surface area contributed by atoms with Gasteiger partial charge in [0.2, 0.25) is 5.91 Å². The molecule has 2 aliphatic heterocycles. The number of amides is 1. The lowest BCUT2D eigenvalue weighted by atomic mass is 10.2. The minimum Gasteiger partial charge on any atom is -0.336 e. The summed E-state index contributed by atoms with van der Waals surface area (Å²) in [6.45, 7) is 0.787. The molecule has 0 bridgehead atoms. The highest BCUT2D eigenvalue weighted by Gasteiger charge is 2.45. The Morgan fingerprint density at radius 3 is 2.43 bits per heavy atom. The van der Waals surface area contributed by atoms with Crippen LogP contribution in [0.2, 0.25) is 0 Å². The molecule has 2 saturated heterocycles. The minimum absolute atomic E-state index is 0.0795. The number of carbonyl (C=O) groups excluding carboxylic acids is 1. The minimum atomic E-state index is -4.51. The predicted molar refractivity (Wildman–Crippen MR) is 75.2 cm³/mol. The number of hydrogen-bond donors (Lipinski definition) is 1. The lowest BCUT2D eigenvalue weighted by molar-refractivity contribution is -0.137. The third-order valence-corrected chi connectivity index (χ3v) is 6.35. The average molecular weight is 348 g/mol. The second-order valence-electron chi connectivity index (χ2n) is 5.64. The van der Waals surface area contributed by atoms with E-state index in [1.165, 1.54) is 0 Å². The topological polar surface area (TPSA) is 66.5 Å². The highest BCUT2D eigenvalue weighted by Crippen LogP contribution is 2.32. The SMILES string of the molecule is O=C1CCC2C(S(=O)(=O)c3ccc(C(F)(F)F)cc3)NCCN12. The Hall–Kier alpha value is -1.61. The van der Waals surface area contributed by atoms with Gasteiger partial charge in [0.1, 0.15) is 5.37 Å². The van der Waals surface area contributed by atoms with Gasteiger partial charge in [-0.3, -0.25) is 10.1 Å². The van der Waals surface area contributed by atoms with Crippen LogP contribution in [0.4, 0.5) is 13.2 Å². The first-order valence-corrected chi connectivity index (χ1v) is 8.70. The summed E-state index contributed by atoms with van der Waals surface area (Å²) in [5, 5.41) is 1.90. The smallest absolute Gasteiger partial charge is 0.336 e. The number of alkyl halides is 3. The third-order valence-electron chi connectivity index (χ3n) is 4.27. The van der Waals surface area contributed by atoms with Crippen LogP contribution in [0.15, 0.2) is 29.2 Å². The Morgan fingerprint density at radius 1 is 1.17 bits per heavy atom. The number of nitrogens with zero attached hydrogens (tertiary/aromatic N) is 1. The first-order valence-electron chi connectivity index (χ1n) is 7.15. The molecule has 2 heterocycles. The molecule has 0 aliphatic carbocycles.